The lowest BCUT2D eigenvalue weighted by atomic mass is 9.85. The summed E-state index contributed by atoms with van der Waals surface area (Å²) in [5.41, 5.74) is 3.22. The molecule has 2 N–H and O–H groups in total. The van der Waals surface area contributed by atoms with E-state index in [1.54, 1.807) is 0 Å². The molecule has 1 aromatic carbocycles. The number of carbonyl (C=O) groups is 1. The third kappa shape index (κ3) is 1.49. The summed E-state index contributed by atoms with van der Waals surface area (Å²) in [5.74, 6) is -1.10. The molecule has 0 radical (unpaired) electrons. The molecule has 1 saturated carbocycles. The summed E-state index contributed by atoms with van der Waals surface area (Å²) in [6.45, 7) is 0. The van der Waals surface area contributed by atoms with Crippen LogP contribution in [0.3, 0.4) is 0 Å². The number of carboxylic acid groups (broad SMARTS) is 1. The van der Waals surface area contributed by atoms with Gasteiger partial charge in [0.15, 0.2) is 6.10 Å². The average molecular weight is 232 g/mol. The van der Waals surface area contributed by atoms with E-state index < -0.39 is 17.5 Å². The fourth-order valence-corrected chi connectivity index (χ4v) is 3.15. The highest BCUT2D eigenvalue weighted by atomic mass is 16.4. The highest BCUT2D eigenvalue weighted by molar-refractivity contribution is 5.76. The molecule has 90 valence electrons. The maximum Gasteiger partial charge on any atom is 0.333 e. The van der Waals surface area contributed by atoms with Gasteiger partial charge in [-0.1, -0.05) is 18.2 Å². The monoisotopic (exact) mass is 232 g/mol. The Labute approximate surface area is 100 Å². The van der Waals surface area contributed by atoms with E-state index in [1.807, 2.05) is 12.1 Å². The molecule has 0 heterocycles. The van der Waals surface area contributed by atoms with Gasteiger partial charge in [0.05, 0.1) is 0 Å². The van der Waals surface area contributed by atoms with Gasteiger partial charge in [-0.25, -0.2) is 4.79 Å². The highest BCUT2D eigenvalue weighted by Gasteiger charge is 2.54. The number of aliphatic carboxylic acids is 1. The van der Waals surface area contributed by atoms with Crippen LogP contribution in [0.15, 0.2) is 18.2 Å². The third-order valence-electron chi connectivity index (χ3n) is 4.23. The molecule has 0 bridgehead atoms. The SMILES string of the molecule is O=C(O)C(O)C1(c2cccc3c2CCC3)CC1. The Morgan fingerprint density at radius 3 is 2.71 bits per heavy atom. The number of aliphatic hydroxyl groups excluding tert-OH is 1. The Morgan fingerprint density at radius 1 is 1.29 bits per heavy atom. The second-order valence-corrected chi connectivity index (χ2v) is 5.19. The Balaban J connectivity index is 2.05. The van der Waals surface area contributed by atoms with Crippen LogP contribution >= 0.6 is 0 Å². The van der Waals surface area contributed by atoms with E-state index >= 15 is 0 Å². The first-order valence-electron chi connectivity index (χ1n) is 6.17. The number of benzene rings is 1. The van der Waals surface area contributed by atoms with E-state index in [4.69, 9.17) is 5.11 Å². The summed E-state index contributed by atoms with van der Waals surface area (Å²) in [7, 11) is 0. The normalized spacial score (nSPS) is 21.9. The summed E-state index contributed by atoms with van der Waals surface area (Å²) in [6, 6.07) is 6.12. The maximum atomic E-state index is 11.0. The predicted octanol–water partition coefficient (Wildman–Crippen LogP) is 1.65. The first-order chi connectivity index (χ1) is 8.15. The van der Waals surface area contributed by atoms with Gasteiger partial charge < -0.3 is 10.2 Å². The maximum absolute atomic E-state index is 11.0. The molecule has 17 heavy (non-hydrogen) atoms. The standard InChI is InChI=1S/C14H16O3/c15-12(13(16)17)14(7-8-14)11-6-2-4-9-3-1-5-10(9)11/h2,4,6,12,15H,1,3,5,7-8H2,(H,16,17). The molecule has 2 aliphatic carbocycles. The fraction of sp³-hybridized carbons (Fsp3) is 0.500. The van der Waals surface area contributed by atoms with Gasteiger partial charge in [-0.05, 0) is 48.8 Å². The largest absolute Gasteiger partial charge is 0.479 e. The summed E-state index contributed by atoms with van der Waals surface area (Å²) >= 11 is 0. The van der Waals surface area contributed by atoms with Gasteiger partial charge in [-0.2, -0.15) is 0 Å². The molecule has 0 saturated heterocycles. The van der Waals surface area contributed by atoms with E-state index in [0.717, 1.165) is 37.7 Å². The minimum absolute atomic E-state index is 0.498. The summed E-state index contributed by atoms with van der Waals surface area (Å²) < 4.78 is 0. The van der Waals surface area contributed by atoms with E-state index in [0.29, 0.717) is 0 Å². The molecule has 1 atom stereocenters. The molecule has 0 aliphatic heterocycles. The molecule has 3 rings (SSSR count). The number of aryl methyl sites for hydroxylation is 1. The number of hydrogen-bond donors (Lipinski definition) is 2. The van der Waals surface area contributed by atoms with Crippen LogP contribution in [0.4, 0.5) is 0 Å². The second kappa shape index (κ2) is 3.57. The van der Waals surface area contributed by atoms with Crippen molar-refractivity contribution in [2.24, 2.45) is 0 Å². The van der Waals surface area contributed by atoms with Crippen molar-refractivity contribution >= 4 is 5.97 Å². The third-order valence-corrected chi connectivity index (χ3v) is 4.23. The smallest absolute Gasteiger partial charge is 0.333 e. The molecular weight excluding hydrogens is 216 g/mol. The van der Waals surface area contributed by atoms with Crippen molar-refractivity contribution in [3.05, 3.63) is 34.9 Å². The Hall–Kier alpha value is -1.35. The zero-order chi connectivity index (χ0) is 12.0. The van der Waals surface area contributed by atoms with Crippen molar-refractivity contribution in [2.45, 2.75) is 43.6 Å². The number of rotatable bonds is 3. The van der Waals surface area contributed by atoms with Gasteiger partial charge >= 0.3 is 5.97 Å². The number of carboxylic acids is 1. The van der Waals surface area contributed by atoms with Crippen molar-refractivity contribution in [1.82, 2.24) is 0 Å². The van der Waals surface area contributed by atoms with Gasteiger partial charge in [0, 0.05) is 5.41 Å². The average Bonchev–Trinajstić information content (AvgIpc) is 2.98. The Morgan fingerprint density at radius 2 is 2.06 bits per heavy atom. The minimum atomic E-state index is -1.26. The molecule has 2 aliphatic rings. The van der Waals surface area contributed by atoms with Gasteiger partial charge in [0.2, 0.25) is 0 Å². The van der Waals surface area contributed by atoms with E-state index in [-0.39, 0.29) is 0 Å². The quantitative estimate of drug-likeness (QED) is 0.833. The first-order valence-corrected chi connectivity index (χ1v) is 6.17. The van der Waals surface area contributed by atoms with Crippen molar-refractivity contribution in [2.75, 3.05) is 0 Å². The van der Waals surface area contributed by atoms with Crippen LogP contribution in [0, 0.1) is 0 Å². The number of hydrogen-bond acceptors (Lipinski definition) is 2. The minimum Gasteiger partial charge on any atom is -0.479 e. The lowest BCUT2D eigenvalue weighted by Gasteiger charge is -2.22. The first kappa shape index (κ1) is 10.8. The number of fused-ring (bicyclic) bond motifs is 1. The van der Waals surface area contributed by atoms with Crippen molar-refractivity contribution in [3.63, 3.8) is 0 Å². The molecule has 0 amide bonds. The summed E-state index contributed by atoms with van der Waals surface area (Å²) in [4.78, 5) is 11.0. The summed E-state index contributed by atoms with van der Waals surface area (Å²) in [6.07, 6.45) is 3.58. The topological polar surface area (TPSA) is 57.5 Å². The number of aliphatic hydroxyl groups is 1. The molecular formula is C14H16O3. The molecule has 3 heteroatoms. The van der Waals surface area contributed by atoms with Gasteiger partial charge in [-0.3, -0.25) is 0 Å². The van der Waals surface area contributed by atoms with Crippen LogP contribution in [-0.2, 0) is 23.1 Å². The van der Waals surface area contributed by atoms with Crippen LogP contribution in [0.25, 0.3) is 0 Å². The predicted molar refractivity (Wildman–Crippen MR) is 63.0 cm³/mol. The molecule has 1 fully saturated rings. The van der Waals surface area contributed by atoms with Crippen molar-refractivity contribution in [1.29, 1.82) is 0 Å². The Bertz CT molecular complexity index is 474. The molecule has 0 aromatic heterocycles. The molecule has 1 aromatic rings. The molecule has 1 unspecified atom stereocenters. The van der Waals surface area contributed by atoms with Crippen LogP contribution in [0.2, 0.25) is 0 Å². The Kier molecular flexibility index (Phi) is 2.26. The van der Waals surface area contributed by atoms with E-state index in [2.05, 4.69) is 6.07 Å². The van der Waals surface area contributed by atoms with Gasteiger partial charge in [0.1, 0.15) is 0 Å². The molecule has 3 nitrogen and oxygen atoms in total. The second-order valence-electron chi connectivity index (χ2n) is 5.19. The van der Waals surface area contributed by atoms with Crippen LogP contribution in [0.1, 0.15) is 36.0 Å². The van der Waals surface area contributed by atoms with Crippen LogP contribution in [-0.4, -0.2) is 22.3 Å². The zero-order valence-corrected chi connectivity index (χ0v) is 9.65. The van der Waals surface area contributed by atoms with Gasteiger partial charge in [-0.15, -0.1) is 0 Å². The van der Waals surface area contributed by atoms with E-state index in [9.17, 15) is 9.90 Å². The van der Waals surface area contributed by atoms with Crippen molar-refractivity contribution < 1.29 is 15.0 Å². The van der Waals surface area contributed by atoms with Gasteiger partial charge in [0.25, 0.3) is 0 Å². The lowest BCUT2D eigenvalue weighted by Crippen LogP contribution is -2.34. The van der Waals surface area contributed by atoms with E-state index in [1.165, 1.54) is 11.1 Å². The zero-order valence-electron chi connectivity index (χ0n) is 9.65. The van der Waals surface area contributed by atoms with Crippen LogP contribution in [0.5, 0.6) is 0 Å². The summed E-state index contributed by atoms with van der Waals surface area (Å²) in [5, 5.41) is 18.9. The molecule has 0 spiro atoms. The fourth-order valence-electron chi connectivity index (χ4n) is 3.15. The van der Waals surface area contributed by atoms with Crippen molar-refractivity contribution in [3.8, 4) is 0 Å². The highest BCUT2D eigenvalue weighted by Crippen LogP contribution is 2.53. The van der Waals surface area contributed by atoms with Crippen LogP contribution < -0.4 is 0 Å². The lowest BCUT2D eigenvalue weighted by molar-refractivity contribution is -0.148.